The van der Waals surface area contributed by atoms with E-state index in [0.717, 1.165) is 28.4 Å². The minimum absolute atomic E-state index is 0.453. The maximum absolute atomic E-state index is 9.97. The van der Waals surface area contributed by atoms with Crippen LogP contribution in [0.4, 0.5) is 0 Å². The number of thiazole rings is 1. The van der Waals surface area contributed by atoms with E-state index in [0.29, 0.717) is 30.8 Å². The smallest absolute Gasteiger partial charge is 0.147 e. The summed E-state index contributed by atoms with van der Waals surface area (Å²) in [5.74, 6) is 1.31. The number of aromatic nitrogens is 3. The molecule has 1 aliphatic heterocycles. The van der Waals surface area contributed by atoms with Gasteiger partial charge in [-0.25, -0.2) is 15.0 Å². The van der Waals surface area contributed by atoms with E-state index in [9.17, 15) is 10.2 Å². The molecule has 4 rings (SSSR count). The number of aliphatic hydroxyl groups excluding tert-OH is 2. The van der Waals surface area contributed by atoms with Crippen molar-refractivity contribution in [1.29, 1.82) is 0 Å². The largest absolute Gasteiger partial charge is 0.390 e. The summed E-state index contributed by atoms with van der Waals surface area (Å²) in [4.78, 5) is 17.4. The number of fused-ring (bicyclic) bond motifs is 1. The number of nitrogens with zero attached hydrogens (tertiary/aromatic N) is 4. The van der Waals surface area contributed by atoms with Crippen LogP contribution in [0.15, 0.2) is 0 Å². The molecule has 7 heteroatoms. The van der Waals surface area contributed by atoms with E-state index in [4.69, 9.17) is 4.98 Å². The van der Waals surface area contributed by atoms with Gasteiger partial charge in [-0.05, 0) is 44.4 Å². The zero-order valence-corrected chi connectivity index (χ0v) is 17.3. The number of hydrogen-bond acceptors (Lipinski definition) is 7. The van der Waals surface area contributed by atoms with Crippen LogP contribution >= 0.6 is 11.3 Å². The molecule has 1 aliphatic carbocycles. The molecule has 2 aromatic heterocycles. The lowest BCUT2D eigenvalue weighted by atomic mass is 9.73. The predicted octanol–water partition coefficient (Wildman–Crippen LogP) is 3.01. The van der Waals surface area contributed by atoms with E-state index < -0.39 is 12.2 Å². The number of aryl methyl sites for hydroxylation is 1. The lowest BCUT2D eigenvalue weighted by Crippen LogP contribution is -2.46. The summed E-state index contributed by atoms with van der Waals surface area (Å²) < 4.78 is 0. The van der Waals surface area contributed by atoms with Crippen molar-refractivity contribution < 1.29 is 10.2 Å². The van der Waals surface area contributed by atoms with Gasteiger partial charge in [0, 0.05) is 25.6 Å². The van der Waals surface area contributed by atoms with Crippen LogP contribution in [-0.2, 0) is 6.54 Å². The van der Waals surface area contributed by atoms with Crippen LogP contribution in [0.5, 0.6) is 0 Å². The van der Waals surface area contributed by atoms with Crippen LogP contribution in [0, 0.1) is 12.3 Å². The Bertz CT molecular complexity index is 812. The normalized spacial score (nSPS) is 27.3. The summed E-state index contributed by atoms with van der Waals surface area (Å²) in [6.07, 6.45) is 4.19. The number of piperidine rings is 1. The fraction of sp³-hybridized carbons (Fsp3) is 0.750. The van der Waals surface area contributed by atoms with Crippen molar-refractivity contribution in [2.45, 2.75) is 77.5 Å². The molecule has 0 spiro atoms. The van der Waals surface area contributed by atoms with E-state index in [1.165, 1.54) is 30.7 Å². The minimum Gasteiger partial charge on any atom is -0.390 e. The summed E-state index contributed by atoms with van der Waals surface area (Å²) >= 11 is 1.73. The van der Waals surface area contributed by atoms with E-state index in [1.807, 2.05) is 6.92 Å². The van der Waals surface area contributed by atoms with Crippen molar-refractivity contribution in [2.75, 3.05) is 13.1 Å². The van der Waals surface area contributed by atoms with Gasteiger partial charge in [-0.1, -0.05) is 25.2 Å². The molecule has 27 heavy (non-hydrogen) atoms. The van der Waals surface area contributed by atoms with Gasteiger partial charge < -0.3 is 10.2 Å². The first-order valence-electron chi connectivity index (χ1n) is 10.0. The molecule has 0 radical (unpaired) electrons. The summed E-state index contributed by atoms with van der Waals surface area (Å²) in [6, 6.07) is 0. The maximum atomic E-state index is 9.97. The van der Waals surface area contributed by atoms with Crippen molar-refractivity contribution in [2.24, 2.45) is 5.41 Å². The Morgan fingerprint density at radius 3 is 2.52 bits per heavy atom. The summed E-state index contributed by atoms with van der Waals surface area (Å²) in [5.41, 5.74) is 2.32. The fourth-order valence-corrected chi connectivity index (χ4v) is 5.46. The number of β-amino-alcohol motifs (C(OH)–C–C–N with tert-alkyl or cyclic N) is 1. The van der Waals surface area contributed by atoms with Crippen LogP contribution in [0.2, 0.25) is 0 Å². The molecule has 148 valence electrons. The molecular weight excluding hydrogens is 360 g/mol. The number of rotatable bonds is 3. The Labute approximate surface area is 164 Å². The van der Waals surface area contributed by atoms with Gasteiger partial charge in [0.1, 0.15) is 16.2 Å². The third kappa shape index (κ3) is 4.16. The minimum atomic E-state index is -0.686. The van der Waals surface area contributed by atoms with Crippen LogP contribution < -0.4 is 0 Å². The molecule has 2 N–H and O–H groups in total. The van der Waals surface area contributed by atoms with Crippen LogP contribution in [0.1, 0.15) is 68.4 Å². The van der Waals surface area contributed by atoms with Gasteiger partial charge >= 0.3 is 0 Å². The highest BCUT2D eigenvalue weighted by atomic mass is 32.1. The van der Waals surface area contributed by atoms with E-state index in [2.05, 4.69) is 28.7 Å². The summed E-state index contributed by atoms with van der Waals surface area (Å²) in [7, 11) is 0. The molecule has 2 aromatic rings. The van der Waals surface area contributed by atoms with Crippen molar-refractivity contribution in [1.82, 2.24) is 19.9 Å². The van der Waals surface area contributed by atoms with Gasteiger partial charge in [-0.3, -0.25) is 4.90 Å². The zero-order chi connectivity index (χ0) is 19.2. The third-order valence-corrected chi connectivity index (χ3v) is 7.26. The van der Waals surface area contributed by atoms with Gasteiger partial charge in [-0.15, -0.1) is 0 Å². The zero-order valence-electron chi connectivity index (χ0n) is 16.5. The molecule has 0 aromatic carbocycles. The van der Waals surface area contributed by atoms with Gasteiger partial charge in [0.15, 0.2) is 0 Å². The molecular formula is C20H30N4O2S. The standard InChI is InChI=1S/C20H30N4O2S/c1-12-21-14(10-24-9-6-15(25)16(26)11-24)17-19(22-12)27-18(23-17)13-4-7-20(2,3)8-5-13/h13,15-16,25-26H,4-11H2,1-3H3/t15-,16+/m1/s1. The van der Waals surface area contributed by atoms with Gasteiger partial charge in [0.25, 0.3) is 0 Å². The average molecular weight is 391 g/mol. The fourth-order valence-electron chi connectivity index (χ4n) is 4.28. The first-order valence-corrected chi connectivity index (χ1v) is 10.8. The molecule has 3 heterocycles. The predicted molar refractivity (Wildman–Crippen MR) is 107 cm³/mol. The van der Waals surface area contributed by atoms with E-state index >= 15 is 0 Å². The number of likely N-dealkylation sites (tertiary alicyclic amines) is 1. The van der Waals surface area contributed by atoms with Gasteiger partial charge in [0.2, 0.25) is 0 Å². The lowest BCUT2D eigenvalue weighted by Gasteiger charge is -2.33. The Morgan fingerprint density at radius 2 is 1.81 bits per heavy atom. The summed E-state index contributed by atoms with van der Waals surface area (Å²) in [6.45, 7) is 8.53. The SMILES string of the molecule is Cc1nc(CN2CC[C@@H](O)[C@@H](O)C2)c2nc(C3CCC(C)(C)CC3)sc2n1. The highest BCUT2D eigenvalue weighted by molar-refractivity contribution is 7.18. The molecule has 0 amide bonds. The quantitative estimate of drug-likeness (QED) is 0.838. The highest BCUT2D eigenvalue weighted by Crippen LogP contribution is 2.44. The topological polar surface area (TPSA) is 82.4 Å². The monoisotopic (exact) mass is 390 g/mol. The highest BCUT2D eigenvalue weighted by Gasteiger charge is 2.30. The molecule has 0 unspecified atom stereocenters. The Kier molecular flexibility index (Phi) is 5.22. The first kappa shape index (κ1) is 19.2. The molecule has 2 aliphatic rings. The molecule has 1 saturated carbocycles. The Morgan fingerprint density at radius 1 is 1.07 bits per heavy atom. The molecule has 1 saturated heterocycles. The average Bonchev–Trinajstić information content (AvgIpc) is 3.02. The second kappa shape index (κ2) is 7.35. The molecule has 6 nitrogen and oxygen atoms in total. The lowest BCUT2D eigenvalue weighted by molar-refractivity contribution is -0.0405. The molecule has 2 atom stereocenters. The molecule has 2 fully saturated rings. The van der Waals surface area contributed by atoms with Crippen LogP contribution in [0.25, 0.3) is 10.3 Å². The Balaban J connectivity index is 1.57. The van der Waals surface area contributed by atoms with Crippen molar-refractivity contribution in [3.05, 3.63) is 16.5 Å². The second-order valence-electron chi connectivity index (χ2n) is 9.02. The summed E-state index contributed by atoms with van der Waals surface area (Å²) in [5, 5.41) is 20.9. The van der Waals surface area contributed by atoms with Gasteiger partial charge in [0.05, 0.1) is 22.9 Å². The van der Waals surface area contributed by atoms with Crippen LogP contribution in [0.3, 0.4) is 0 Å². The van der Waals surface area contributed by atoms with Gasteiger partial charge in [-0.2, -0.15) is 0 Å². The second-order valence-corrected chi connectivity index (χ2v) is 10.0. The third-order valence-electron chi connectivity index (χ3n) is 6.15. The maximum Gasteiger partial charge on any atom is 0.147 e. The number of hydrogen-bond donors (Lipinski definition) is 2. The van der Waals surface area contributed by atoms with Crippen molar-refractivity contribution >= 4 is 21.7 Å². The Hall–Kier alpha value is -1.15. The first-order chi connectivity index (χ1) is 12.8. The number of aliphatic hydroxyl groups is 2. The van der Waals surface area contributed by atoms with Crippen LogP contribution in [-0.4, -0.2) is 55.4 Å². The van der Waals surface area contributed by atoms with E-state index in [-0.39, 0.29) is 0 Å². The molecule has 0 bridgehead atoms. The van der Waals surface area contributed by atoms with E-state index in [1.54, 1.807) is 11.3 Å². The van der Waals surface area contributed by atoms with Crippen molar-refractivity contribution in [3.63, 3.8) is 0 Å². The van der Waals surface area contributed by atoms with Crippen molar-refractivity contribution in [3.8, 4) is 0 Å².